The number of methoxy groups -OCH3 is 2. The number of thiazole rings is 1. The Morgan fingerprint density at radius 3 is 2.67 bits per heavy atom. The van der Waals surface area contributed by atoms with E-state index >= 15 is 0 Å². The van der Waals surface area contributed by atoms with Gasteiger partial charge in [-0.25, -0.2) is 9.78 Å². The fourth-order valence-electron chi connectivity index (χ4n) is 2.09. The lowest BCUT2D eigenvalue weighted by molar-refractivity contribution is -0.133. The second-order valence-corrected chi connectivity index (χ2v) is 6.52. The minimum Gasteiger partial charge on any atom is -0.492 e. The first-order chi connectivity index (χ1) is 11.5. The SMILES string of the molecule is CCOc1cc(/C=C(\C(=O)OC)c2nc(C)cs2)cc(Br)c1OC. The third-order valence-electron chi connectivity index (χ3n) is 3.10. The predicted molar refractivity (Wildman–Crippen MR) is 98.6 cm³/mol. The van der Waals surface area contributed by atoms with E-state index in [0.29, 0.717) is 28.7 Å². The zero-order valence-corrected chi connectivity index (χ0v) is 16.3. The van der Waals surface area contributed by atoms with Crippen LogP contribution in [0.2, 0.25) is 0 Å². The summed E-state index contributed by atoms with van der Waals surface area (Å²) in [6.45, 7) is 4.28. The number of benzene rings is 1. The van der Waals surface area contributed by atoms with Crippen molar-refractivity contribution < 1.29 is 19.0 Å². The van der Waals surface area contributed by atoms with Crippen LogP contribution in [0.5, 0.6) is 11.5 Å². The van der Waals surface area contributed by atoms with Crippen LogP contribution in [0.3, 0.4) is 0 Å². The number of carbonyl (C=O) groups excluding carboxylic acids is 1. The van der Waals surface area contributed by atoms with Crippen molar-refractivity contribution in [2.45, 2.75) is 13.8 Å². The lowest BCUT2D eigenvalue weighted by Gasteiger charge is -2.12. The quantitative estimate of drug-likeness (QED) is 0.522. The van der Waals surface area contributed by atoms with Gasteiger partial charge in [-0.05, 0) is 53.5 Å². The van der Waals surface area contributed by atoms with Gasteiger partial charge in [0.25, 0.3) is 0 Å². The summed E-state index contributed by atoms with van der Waals surface area (Å²) in [4.78, 5) is 16.5. The molecule has 7 heteroatoms. The lowest BCUT2D eigenvalue weighted by atomic mass is 10.1. The number of halogens is 1. The van der Waals surface area contributed by atoms with E-state index < -0.39 is 5.97 Å². The first kappa shape index (κ1) is 18.5. The van der Waals surface area contributed by atoms with E-state index in [2.05, 4.69) is 20.9 Å². The summed E-state index contributed by atoms with van der Waals surface area (Å²) in [5, 5.41) is 2.51. The maximum atomic E-state index is 12.2. The monoisotopic (exact) mass is 411 g/mol. The van der Waals surface area contributed by atoms with Gasteiger partial charge in [0.15, 0.2) is 11.5 Å². The smallest absolute Gasteiger partial charge is 0.340 e. The van der Waals surface area contributed by atoms with Crippen molar-refractivity contribution in [3.05, 3.63) is 38.3 Å². The molecule has 0 aliphatic carbocycles. The van der Waals surface area contributed by atoms with E-state index in [9.17, 15) is 4.79 Å². The van der Waals surface area contributed by atoms with E-state index in [1.165, 1.54) is 18.4 Å². The molecule has 0 N–H and O–H groups in total. The fraction of sp³-hybridized carbons (Fsp3) is 0.294. The number of rotatable bonds is 6. The van der Waals surface area contributed by atoms with Gasteiger partial charge in [0.2, 0.25) is 0 Å². The third-order valence-corrected chi connectivity index (χ3v) is 4.68. The van der Waals surface area contributed by atoms with Crippen LogP contribution in [-0.4, -0.2) is 31.8 Å². The van der Waals surface area contributed by atoms with Crippen LogP contribution in [0.25, 0.3) is 11.6 Å². The topological polar surface area (TPSA) is 57.7 Å². The van der Waals surface area contributed by atoms with Crippen molar-refractivity contribution in [2.75, 3.05) is 20.8 Å². The summed E-state index contributed by atoms with van der Waals surface area (Å²) >= 11 is 4.87. The van der Waals surface area contributed by atoms with E-state index in [-0.39, 0.29) is 0 Å². The molecule has 1 aromatic carbocycles. The summed E-state index contributed by atoms with van der Waals surface area (Å²) in [6, 6.07) is 3.67. The molecule has 1 aromatic heterocycles. The highest BCUT2D eigenvalue weighted by molar-refractivity contribution is 9.10. The van der Waals surface area contributed by atoms with Crippen molar-refractivity contribution in [1.82, 2.24) is 4.98 Å². The summed E-state index contributed by atoms with van der Waals surface area (Å²) in [5.74, 6) is 0.771. The number of esters is 1. The molecule has 5 nitrogen and oxygen atoms in total. The molecule has 0 spiro atoms. The van der Waals surface area contributed by atoms with Crippen molar-refractivity contribution in [2.24, 2.45) is 0 Å². The van der Waals surface area contributed by atoms with Crippen LogP contribution in [0, 0.1) is 6.92 Å². The molecule has 0 saturated carbocycles. The molecule has 0 fully saturated rings. The third kappa shape index (κ3) is 4.15. The Morgan fingerprint density at radius 1 is 1.38 bits per heavy atom. The molecule has 128 valence electrons. The van der Waals surface area contributed by atoms with Crippen LogP contribution in [-0.2, 0) is 9.53 Å². The molecule has 0 aliphatic heterocycles. The number of ether oxygens (including phenoxy) is 3. The molecule has 0 atom stereocenters. The summed E-state index contributed by atoms with van der Waals surface area (Å²) < 4.78 is 16.6. The van der Waals surface area contributed by atoms with E-state index in [0.717, 1.165) is 15.7 Å². The van der Waals surface area contributed by atoms with Crippen molar-refractivity contribution in [3.63, 3.8) is 0 Å². The molecule has 0 bridgehead atoms. The highest BCUT2D eigenvalue weighted by atomic mass is 79.9. The number of carbonyl (C=O) groups is 1. The first-order valence-corrected chi connectivity index (χ1v) is 8.90. The molecule has 24 heavy (non-hydrogen) atoms. The first-order valence-electron chi connectivity index (χ1n) is 7.23. The van der Waals surface area contributed by atoms with Gasteiger partial charge in [0.1, 0.15) is 5.01 Å². The van der Waals surface area contributed by atoms with Crippen molar-refractivity contribution in [3.8, 4) is 11.5 Å². The Bertz CT molecular complexity index is 770. The second-order valence-electron chi connectivity index (χ2n) is 4.81. The highest BCUT2D eigenvalue weighted by Gasteiger charge is 2.17. The average molecular weight is 412 g/mol. The van der Waals surface area contributed by atoms with Gasteiger partial charge in [-0.3, -0.25) is 0 Å². The maximum Gasteiger partial charge on any atom is 0.340 e. The fourth-order valence-corrected chi connectivity index (χ4v) is 3.52. The molecule has 2 aromatic rings. The summed E-state index contributed by atoms with van der Waals surface area (Å²) in [6.07, 6.45) is 1.73. The molecule has 0 radical (unpaired) electrons. The number of aryl methyl sites for hydroxylation is 1. The van der Waals surface area contributed by atoms with Gasteiger partial charge in [-0.1, -0.05) is 0 Å². The van der Waals surface area contributed by atoms with Crippen LogP contribution in [0.1, 0.15) is 23.2 Å². The minimum atomic E-state index is -0.436. The van der Waals surface area contributed by atoms with Crippen LogP contribution >= 0.6 is 27.3 Å². The van der Waals surface area contributed by atoms with Crippen molar-refractivity contribution in [1.29, 1.82) is 0 Å². The number of nitrogens with zero attached hydrogens (tertiary/aromatic N) is 1. The molecule has 0 saturated heterocycles. The Balaban J connectivity index is 2.54. The lowest BCUT2D eigenvalue weighted by Crippen LogP contribution is -2.04. The van der Waals surface area contributed by atoms with E-state index in [1.807, 2.05) is 31.4 Å². The Hall–Kier alpha value is -1.86. The molecular weight excluding hydrogens is 394 g/mol. The molecule has 1 heterocycles. The Morgan fingerprint density at radius 2 is 2.12 bits per heavy atom. The zero-order valence-electron chi connectivity index (χ0n) is 13.9. The standard InChI is InChI=1S/C17H18BrNO4S/c1-5-23-14-8-11(7-13(18)15(14)21-3)6-12(17(20)22-4)16-19-10(2)9-24-16/h6-9H,5H2,1-4H3/b12-6-. The summed E-state index contributed by atoms with van der Waals surface area (Å²) in [7, 11) is 2.93. The van der Waals surface area contributed by atoms with E-state index in [4.69, 9.17) is 14.2 Å². The summed E-state index contributed by atoms with van der Waals surface area (Å²) in [5.41, 5.74) is 2.03. The van der Waals surface area contributed by atoms with Gasteiger partial charge in [0, 0.05) is 11.1 Å². The Kier molecular flexibility index (Phi) is 6.39. The van der Waals surface area contributed by atoms with Crippen LogP contribution in [0.4, 0.5) is 0 Å². The molecule has 0 amide bonds. The number of hydrogen-bond donors (Lipinski definition) is 0. The van der Waals surface area contributed by atoms with Gasteiger partial charge in [-0.2, -0.15) is 0 Å². The highest BCUT2D eigenvalue weighted by Crippen LogP contribution is 2.37. The maximum absolute atomic E-state index is 12.2. The molecule has 0 aliphatic rings. The minimum absolute atomic E-state index is 0.398. The second kappa shape index (κ2) is 8.30. The van der Waals surface area contributed by atoms with Gasteiger partial charge >= 0.3 is 5.97 Å². The van der Waals surface area contributed by atoms with Gasteiger partial charge in [-0.15, -0.1) is 11.3 Å². The van der Waals surface area contributed by atoms with Crippen LogP contribution in [0.15, 0.2) is 22.0 Å². The Labute approximate surface area is 153 Å². The van der Waals surface area contributed by atoms with Crippen LogP contribution < -0.4 is 9.47 Å². The van der Waals surface area contributed by atoms with Gasteiger partial charge < -0.3 is 14.2 Å². The molecule has 0 unspecified atom stereocenters. The number of aromatic nitrogens is 1. The van der Waals surface area contributed by atoms with Gasteiger partial charge in [0.05, 0.1) is 30.9 Å². The molecular formula is C17H18BrNO4S. The normalized spacial score (nSPS) is 11.3. The largest absolute Gasteiger partial charge is 0.492 e. The zero-order chi connectivity index (χ0) is 17.7. The van der Waals surface area contributed by atoms with E-state index in [1.54, 1.807) is 13.2 Å². The van der Waals surface area contributed by atoms with Crippen molar-refractivity contribution >= 4 is 44.9 Å². The molecule has 2 rings (SSSR count). The number of hydrogen-bond acceptors (Lipinski definition) is 6. The average Bonchev–Trinajstić information content (AvgIpc) is 2.98. The predicted octanol–water partition coefficient (Wildman–Crippen LogP) is 4.33.